The van der Waals surface area contributed by atoms with Gasteiger partial charge in [-0.25, -0.2) is 9.18 Å². The predicted octanol–water partition coefficient (Wildman–Crippen LogP) is 2.29. The topological polar surface area (TPSA) is 64.6 Å². The minimum Gasteiger partial charge on any atom is -0.393 e. The van der Waals surface area contributed by atoms with E-state index < -0.39 is 11.9 Å². The third kappa shape index (κ3) is 4.80. The smallest absolute Gasteiger partial charge is 0.315 e. The van der Waals surface area contributed by atoms with Gasteiger partial charge < -0.3 is 15.7 Å². The van der Waals surface area contributed by atoms with Crippen molar-refractivity contribution >= 4 is 17.6 Å². The molecule has 1 fully saturated rings. The van der Waals surface area contributed by atoms with Crippen molar-refractivity contribution in [3.05, 3.63) is 34.6 Å². The van der Waals surface area contributed by atoms with Crippen LogP contribution in [0.1, 0.15) is 31.4 Å². The van der Waals surface area contributed by atoms with Crippen LogP contribution >= 0.6 is 11.6 Å². The lowest BCUT2D eigenvalue weighted by Gasteiger charge is -2.26. The maximum absolute atomic E-state index is 13.7. The molecule has 2 rings (SSSR count). The van der Waals surface area contributed by atoms with Gasteiger partial charge in [0, 0.05) is 13.1 Å². The van der Waals surface area contributed by atoms with Gasteiger partial charge >= 0.3 is 6.03 Å². The zero-order chi connectivity index (χ0) is 17.0. The number of hydrogen-bond acceptors (Lipinski definition) is 3. The molecule has 0 bridgehead atoms. The minimum absolute atomic E-state index is 0.0924. The van der Waals surface area contributed by atoms with E-state index in [0.717, 1.165) is 18.5 Å². The molecule has 0 radical (unpaired) electrons. The molecule has 2 amide bonds. The number of rotatable bonds is 5. The van der Waals surface area contributed by atoms with Crippen molar-refractivity contribution in [2.45, 2.75) is 38.0 Å². The first kappa shape index (κ1) is 18.0. The lowest BCUT2D eigenvalue weighted by molar-refractivity contribution is 0.182. The summed E-state index contributed by atoms with van der Waals surface area (Å²) in [7, 11) is 1.95. The molecule has 1 aromatic rings. The SMILES string of the molecule is CC(O)CCNC(=O)NC1CCN(C)C1c1ccc(Cl)c(F)c1. The van der Waals surface area contributed by atoms with E-state index in [4.69, 9.17) is 11.6 Å². The fourth-order valence-electron chi connectivity index (χ4n) is 2.90. The van der Waals surface area contributed by atoms with E-state index in [0.29, 0.717) is 13.0 Å². The monoisotopic (exact) mass is 343 g/mol. The highest BCUT2D eigenvalue weighted by Gasteiger charge is 2.34. The molecule has 23 heavy (non-hydrogen) atoms. The molecular formula is C16H23ClFN3O2. The number of carbonyl (C=O) groups excluding carboxylic acids is 1. The Morgan fingerprint density at radius 1 is 1.57 bits per heavy atom. The maximum Gasteiger partial charge on any atom is 0.315 e. The Kier molecular flexibility index (Phi) is 6.21. The molecule has 3 unspecified atom stereocenters. The van der Waals surface area contributed by atoms with E-state index in [1.165, 1.54) is 12.1 Å². The fourth-order valence-corrected chi connectivity index (χ4v) is 3.01. The molecular weight excluding hydrogens is 321 g/mol. The van der Waals surface area contributed by atoms with Gasteiger partial charge in [-0.05, 0) is 44.5 Å². The van der Waals surface area contributed by atoms with Crippen LogP contribution in [-0.4, -0.2) is 48.3 Å². The molecule has 0 aliphatic carbocycles. The van der Waals surface area contributed by atoms with E-state index in [9.17, 15) is 14.3 Å². The van der Waals surface area contributed by atoms with Crippen molar-refractivity contribution < 1.29 is 14.3 Å². The molecule has 0 aromatic heterocycles. The molecule has 1 aliphatic rings. The van der Waals surface area contributed by atoms with Crippen LogP contribution < -0.4 is 10.6 Å². The number of aliphatic hydroxyl groups is 1. The van der Waals surface area contributed by atoms with Crippen LogP contribution in [0.4, 0.5) is 9.18 Å². The van der Waals surface area contributed by atoms with Crippen molar-refractivity contribution in [2.24, 2.45) is 0 Å². The van der Waals surface area contributed by atoms with Gasteiger partial charge in [0.2, 0.25) is 0 Å². The summed E-state index contributed by atoms with van der Waals surface area (Å²) in [6.45, 7) is 2.90. The Hall–Kier alpha value is -1.37. The van der Waals surface area contributed by atoms with Crippen molar-refractivity contribution in [1.82, 2.24) is 15.5 Å². The second-order valence-corrected chi connectivity index (χ2v) is 6.44. The quantitative estimate of drug-likeness (QED) is 0.768. The predicted molar refractivity (Wildman–Crippen MR) is 88.0 cm³/mol. The molecule has 0 saturated carbocycles. The summed E-state index contributed by atoms with van der Waals surface area (Å²) in [5.74, 6) is -0.454. The van der Waals surface area contributed by atoms with Gasteiger partial charge in [0.1, 0.15) is 5.82 Å². The Morgan fingerprint density at radius 2 is 2.30 bits per heavy atom. The molecule has 5 nitrogen and oxygen atoms in total. The van der Waals surface area contributed by atoms with Crippen LogP contribution in [0.5, 0.6) is 0 Å². The standard InChI is InChI=1S/C16H23ClFN3O2/c1-10(22)5-7-19-16(23)20-14-6-8-21(2)15(14)11-3-4-12(17)13(18)9-11/h3-4,9-10,14-15,22H,5-8H2,1-2H3,(H2,19,20,23). The molecule has 3 N–H and O–H groups in total. The summed E-state index contributed by atoms with van der Waals surface area (Å²) in [6, 6.07) is 4.28. The fraction of sp³-hybridized carbons (Fsp3) is 0.562. The van der Waals surface area contributed by atoms with Crippen LogP contribution in [0.15, 0.2) is 18.2 Å². The van der Waals surface area contributed by atoms with Crippen molar-refractivity contribution in [3.8, 4) is 0 Å². The van der Waals surface area contributed by atoms with E-state index in [-0.39, 0.29) is 23.1 Å². The second-order valence-electron chi connectivity index (χ2n) is 6.03. The first-order valence-electron chi connectivity index (χ1n) is 7.76. The number of amides is 2. The lowest BCUT2D eigenvalue weighted by atomic mass is 10.00. The second kappa shape index (κ2) is 7.95. The van der Waals surface area contributed by atoms with E-state index in [1.54, 1.807) is 13.0 Å². The average molecular weight is 344 g/mol. The first-order chi connectivity index (χ1) is 10.9. The van der Waals surface area contributed by atoms with Gasteiger partial charge in [-0.15, -0.1) is 0 Å². The third-order valence-corrected chi connectivity index (χ3v) is 4.40. The number of halogens is 2. The summed E-state index contributed by atoms with van der Waals surface area (Å²) in [5, 5.41) is 15.0. The molecule has 3 atom stereocenters. The highest BCUT2D eigenvalue weighted by Crippen LogP contribution is 2.32. The number of carbonyl (C=O) groups is 1. The van der Waals surface area contributed by atoms with Gasteiger partial charge in [-0.1, -0.05) is 17.7 Å². The number of likely N-dealkylation sites (tertiary alicyclic amines) is 1. The largest absolute Gasteiger partial charge is 0.393 e. The van der Waals surface area contributed by atoms with Gasteiger partial charge in [-0.2, -0.15) is 0 Å². The highest BCUT2D eigenvalue weighted by molar-refractivity contribution is 6.30. The minimum atomic E-state index is -0.454. The van der Waals surface area contributed by atoms with Gasteiger partial charge in [-0.3, -0.25) is 4.90 Å². The molecule has 1 saturated heterocycles. The summed E-state index contributed by atoms with van der Waals surface area (Å²) in [5.41, 5.74) is 0.793. The van der Waals surface area contributed by atoms with E-state index in [1.807, 2.05) is 7.05 Å². The van der Waals surface area contributed by atoms with Crippen molar-refractivity contribution in [3.63, 3.8) is 0 Å². The molecule has 0 spiro atoms. The highest BCUT2D eigenvalue weighted by atomic mass is 35.5. The van der Waals surface area contributed by atoms with Crippen molar-refractivity contribution in [2.75, 3.05) is 20.1 Å². The normalized spacial score (nSPS) is 22.8. The summed E-state index contributed by atoms with van der Waals surface area (Å²) >= 11 is 5.74. The summed E-state index contributed by atoms with van der Waals surface area (Å²) in [6.07, 6.45) is 0.844. The first-order valence-corrected chi connectivity index (χ1v) is 8.14. The maximum atomic E-state index is 13.7. The van der Waals surface area contributed by atoms with Crippen LogP contribution in [0.3, 0.4) is 0 Å². The average Bonchev–Trinajstić information content (AvgIpc) is 2.82. The molecule has 1 aliphatic heterocycles. The molecule has 1 aromatic carbocycles. The Labute approximate surface area is 140 Å². The van der Waals surface area contributed by atoms with E-state index in [2.05, 4.69) is 15.5 Å². The lowest BCUT2D eigenvalue weighted by Crippen LogP contribution is -2.45. The van der Waals surface area contributed by atoms with Gasteiger partial charge in [0.15, 0.2) is 0 Å². The number of urea groups is 1. The number of benzene rings is 1. The third-order valence-electron chi connectivity index (χ3n) is 4.10. The Bertz CT molecular complexity index is 556. The number of aliphatic hydroxyl groups excluding tert-OH is 1. The number of likely N-dealkylation sites (N-methyl/N-ethyl adjacent to an activating group) is 1. The van der Waals surface area contributed by atoms with Crippen LogP contribution in [-0.2, 0) is 0 Å². The van der Waals surface area contributed by atoms with Crippen molar-refractivity contribution in [1.29, 1.82) is 0 Å². The number of hydrogen-bond donors (Lipinski definition) is 3. The summed E-state index contributed by atoms with van der Waals surface area (Å²) in [4.78, 5) is 14.1. The Morgan fingerprint density at radius 3 is 2.96 bits per heavy atom. The zero-order valence-corrected chi connectivity index (χ0v) is 14.1. The molecule has 7 heteroatoms. The summed E-state index contributed by atoms with van der Waals surface area (Å²) < 4.78 is 13.7. The molecule has 128 valence electrons. The van der Waals surface area contributed by atoms with Crippen LogP contribution in [0, 0.1) is 5.82 Å². The van der Waals surface area contributed by atoms with Gasteiger partial charge in [0.25, 0.3) is 0 Å². The van der Waals surface area contributed by atoms with Crippen LogP contribution in [0.25, 0.3) is 0 Å². The van der Waals surface area contributed by atoms with Crippen LogP contribution in [0.2, 0.25) is 5.02 Å². The zero-order valence-electron chi connectivity index (χ0n) is 13.4. The number of nitrogens with one attached hydrogen (secondary N) is 2. The molecule has 1 heterocycles. The number of nitrogens with zero attached hydrogens (tertiary/aromatic N) is 1. The Balaban J connectivity index is 2.00. The van der Waals surface area contributed by atoms with E-state index >= 15 is 0 Å². The van der Waals surface area contributed by atoms with Gasteiger partial charge in [0.05, 0.1) is 23.2 Å².